The van der Waals surface area contributed by atoms with Crippen LogP contribution in [0.2, 0.25) is 0 Å². The van der Waals surface area contributed by atoms with E-state index in [1.54, 1.807) is 32.9 Å². The molecule has 9 heteroatoms. The van der Waals surface area contributed by atoms with E-state index in [1.165, 1.54) is 16.4 Å². The monoisotopic (exact) mass is 426 g/mol. The van der Waals surface area contributed by atoms with Crippen LogP contribution < -0.4 is 10.2 Å². The molecule has 0 aromatic heterocycles. The molecule has 0 spiro atoms. The summed E-state index contributed by atoms with van der Waals surface area (Å²) in [5.74, 6) is -0.405. The Hall–Kier alpha value is -1.97. The highest BCUT2D eigenvalue weighted by Crippen LogP contribution is 2.19. The molecule has 0 saturated carbocycles. The number of likely N-dealkylation sites (tertiary alicyclic amines) is 1. The van der Waals surface area contributed by atoms with Crippen LogP contribution in [0.5, 0.6) is 0 Å². The first kappa shape index (κ1) is 23.3. The summed E-state index contributed by atoms with van der Waals surface area (Å²) in [7, 11) is -3.57. The largest absolute Gasteiger partial charge is 0.466 e. The second kappa shape index (κ2) is 10.7. The van der Waals surface area contributed by atoms with Gasteiger partial charge in [-0.2, -0.15) is 4.31 Å². The van der Waals surface area contributed by atoms with Crippen LogP contribution in [0.4, 0.5) is 5.69 Å². The first-order valence-electron chi connectivity index (χ1n) is 10.2. The normalized spacial score (nSPS) is 19.7. The summed E-state index contributed by atoms with van der Waals surface area (Å²) in [6.45, 7) is 8.29. The zero-order chi connectivity index (χ0) is 21.4. The van der Waals surface area contributed by atoms with Crippen molar-refractivity contribution in [3.05, 3.63) is 24.3 Å². The van der Waals surface area contributed by atoms with Crippen molar-refractivity contribution in [2.75, 3.05) is 44.6 Å². The smallest absolute Gasteiger partial charge is 0.309 e. The number of quaternary nitrogens is 1. The van der Waals surface area contributed by atoms with E-state index < -0.39 is 10.0 Å². The van der Waals surface area contributed by atoms with Crippen LogP contribution in [0.15, 0.2) is 29.2 Å². The zero-order valence-electron chi connectivity index (χ0n) is 17.4. The van der Waals surface area contributed by atoms with Crippen LogP contribution in [0.25, 0.3) is 0 Å². The lowest BCUT2D eigenvalue weighted by Gasteiger charge is -2.27. The Bertz CT molecular complexity index is 800. The highest BCUT2D eigenvalue weighted by Gasteiger charge is 2.29. The SMILES string of the molecule is CCOC(=O)C1CC[NH+](CC(=O)Nc2cccc(S(=O)(=O)N(CC)CC)c2)CC1. The van der Waals surface area contributed by atoms with E-state index in [0.29, 0.717) is 38.2 Å². The molecule has 1 amide bonds. The molecule has 1 heterocycles. The highest BCUT2D eigenvalue weighted by atomic mass is 32.2. The molecule has 0 atom stereocenters. The van der Waals surface area contributed by atoms with Crippen LogP contribution in [-0.4, -0.2) is 63.9 Å². The van der Waals surface area contributed by atoms with Crippen LogP contribution in [0, 0.1) is 5.92 Å². The number of amides is 1. The fourth-order valence-corrected chi connectivity index (χ4v) is 5.08. The van der Waals surface area contributed by atoms with E-state index in [-0.39, 0.29) is 29.2 Å². The van der Waals surface area contributed by atoms with Gasteiger partial charge in [-0.05, 0) is 25.1 Å². The predicted octanol–water partition coefficient (Wildman–Crippen LogP) is 0.514. The lowest BCUT2D eigenvalue weighted by atomic mass is 9.97. The van der Waals surface area contributed by atoms with E-state index >= 15 is 0 Å². The molecule has 1 aliphatic heterocycles. The Morgan fingerprint density at radius 2 is 1.83 bits per heavy atom. The number of carbonyl (C=O) groups is 2. The Balaban J connectivity index is 1.93. The molecule has 0 aliphatic carbocycles. The van der Waals surface area contributed by atoms with Crippen molar-refractivity contribution in [3.63, 3.8) is 0 Å². The number of esters is 1. The number of nitrogens with zero attached hydrogens (tertiary/aromatic N) is 1. The van der Waals surface area contributed by atoms with Gasteiger partial charge in [-0.25, -0.2) is 8.42 Å². The number of piperidine rings is 1. The molecule has 2 N–H and O–H groups in total. The summed E-state index contributed by atoms with van der Waals surface area (Å²) in [5.41, 5.74) is 0.462. The molecule has 1 fully saturated rings. The molecule has 2 rings (SSSR count). The Kier molecular flexibility index (Phi) is 8.60. The predicted molar refractivity (Wildman–Crippen MR) is 110 cm³/mol. The van der Waals surface area contributed by atoms with Crippen molar-refractivity contribution in [1.29, 1.82) is 0 Å². The summed E-state index contributed by atoms with van der Waals surface area (Å²) in [4.78, 5) is 25.5. The van der Waals surface area contributed by atoms with Gasteiger partial charge < -0.3 is 15.0 Å². The van der Waals surface area contributed by atoms with Gasteiger partial charge in [0.2, 0.25) is 10.0 Å². The van der Waals surface area contributed by atoms with Crippen LogP contribution >= 0.6 is 0 Å². The minimum Gasteiger partial charge on any atom is -0.466 e. The molecule has 162 valence electrons. The van der Waals surface area contributed by atoms with Gasteiger partial charge in [0.25, 0.3) is 5.91 Å². The van der Waals surface area contributed by atoms with Gasteiger partial charge in [0, 0.05) is 31.6 Å². The van der Waals surface area contributed by atoms with E-state index in [9.17, 15) is 18.0 Å². The zero-order valence-corrected chi connectivity index (χ0v) is 18.3. The first-order valence-corrected chi connectivity index (χ1v) is 11.7. The molecule has 29 heavy (non-hydrogen) atoms. The maximum absolute atomic E-state index is 12.7. The van der Waals surface area contributed by atoms with Gasteiger partial charge in [0.05, 0.1) is 30.5 Å². The molecular weight excluding hydrogens is 394 g/mol. The number of anilines is 1. The number of sulfonamides is 1. The quantitative estimate of drug-likeness (QED) is 0.561. The van der Waals surface area contributed by atoms with Gasteiger partial charge in [-0.15, -0.1) is 0 Å². The van der Waals surface area contributed by atoms with Crippen LogP contribution in [0.3, 0.4) is 0 Å². The Morgan fingerprint density at radius 1 is 1.17 bits per heavy atom. The van der Waals surface area contributed by atoms with Gasteiger partial charge in [-0.3, -0.25) is 9.59 Å². The summed E-state index contributed by atoms with van der Waals surface area (Å²) in [6, 6.07) is 6.34. The third kappa shape index (κ3) is 6.25. The number of ether oxygens (including phenoxy) is 1. The van der Waals surface area contributed by atoms with Gasteiger partial charge in [-0.1, -0.05) is 19.9 Å². The van der Waals surface area contributed by atoms with Crippen molar-refractivity contribution in [3.8, 4) is 0 Å². The van der Waals surface area contributed by atoms with Crippen molar-refractivity contribution in [2.45, 2.75) is 38.5 Å². The molecule has 1 aromatic rings. The third-order valence-electron chi connectivity index (χ3n) is 5.18. The molecule has 1 aliphatic rings. The topological polar surface area (TPSA) is 97.2 Å². The number of benzene rings is 1. The number of nitrogens with one attached hydrogen (secondary N) is 2. The lowest BCUT2D eigenvalue weighted by molar-refractivity contribution is -0.897. The molecule has 1 saturated heterocycles. The summed E-state index contributed by atoms with van der Waals surface area (Å²) >= 11 is 0. The average molecular weight is 427 g/mol. The molecule has 8 nitrogen and oxygen atoms in total. The first-order chi connectivity index (χ1) is 13.8. The Morgan fingerprint density at radius 3 is 2.41 bits per heavy atom. The van der Waals surface area contributed by atoms with Gasteiger partial charge in [0.15, 0.2) is 6.54 Å². The molecule has 1 aromatic carbocycles. The molecule has 0 unspecified atom stereocenters. The van der Waals surface area contributed by atoms with E-state index in [4.69, 9.17) is 4.74 Å². The van der Waals surface area contributed by atoms with Crippen LogP contribution in [0.1, 0.15) is 33.6 Å². The fourth-order valence-electron chi connectivity index (χ4n) is 3.58. The van der Waals surface area contributed by atoms with Crippen molar-refractivity contribution in [1.82, 2.24) is 4.31 Å². The maximum Gasteiger partial charge on any atom is 0.309 e. The molecule has 0 bridgehead atoms. The standard InChI is InChI=1S/C20H31N3O5S/c1-4-23(5-2)29(26,27)18-9-7-8-17(14-18)21-19(24)15-22-12-10-16(11-13-22)20(25)28-6-3/h7-9,14,16H,4-6,10-13,15H2,1-3H3,(H,21,24)/p+1. The van der Waals surface area contributed by atoms with Crippen LogP contribution in [-0.2, 0) is 24.3 Å². The summed E-state index contributed by atoms with van der Waals surface area (Å²) in [5, 5.41) is 2.80. The van der Waals surface area contributed by atoms with Crippen molar-refractivity contribution in [2.24, 2.45) is 5.92 Å². The summed E-state index contributed by atoms with van der Waals surface area (Å²) in [6.07, 6.45) is 1.41. The van der Waals surface area contributed by atoms with E-state index in [0.717, 1.165) is 18.0 Å². The minimum atomic E-state index is -3.57. The fraction of sp³-hybridized carbons (Fsp3) is 0.600. The van der Waals surface area contributed by atoms with Crippen molar-refractivity contribution < 1.29 is 27.6 Å². The summed E-state index contributed by atoms with van der Waals surface area (Å²) < 4.78 is 31.8. The minimum absolute atomic E-state index is 0.0799. The number of hydrogen-bond donors (Lipinski definition) is 2. The van der Waals surface area contributed by atoms with E-state index in [2.05, 4.69) is 5.32 Å². The molecular formula is C20H32N3O5S+. The second-order valence-corrected chi connectivity index (χ2v) is 9.06. The Labute approximate surface area is 173 Å². The molecule has 0 radical (unpaired) electrons. The lowest BCUT2D eigenvalue weighted by Crippen LogP contribution is -3.14. The average Bonchev–Trinajstić information content (AvgIpc) is 2.69. The maximum atomic E-state index is 12.7. The highest BCUT2D eigenvalue weighted by molar-refractivity contribution is 7.89. The number of carbonyl (C=O) groups excluding carboxylic acids is 2. The van der Waals surface area contributed by atoms with E-state index in [1.807, 2.05) is 0 Å². The number of hydrogen-bond acceptors (Lipinski definition) is 5. The van der Waals surface area contributed by atoms with Gasteiger partial charge >= 0.3 is 5.97 Å². The second-order valence-electron chi connectivity index (χ2n) is 7.12. The number of rotatable bonds is 9. The third-order valence-corrected chi connectivity index (χ3v) is 7.23. The van der Waals surface area contributed by atoms with Gasteiger partial charge in [0.1, 0.15) is 0 Å². The van der Waals surface area contributed by atoms with Crippen molar-refractivity contribution >= 4 is 27.6 Å².